The summed E-state index contributed by atoms with van der Waals surface area (Å²) < 4.78 is 0. The van der Waals surface area contributed by atoms with E-state index in [0.717, 1.165) is 0 Å². The maximum atomic E-state index is 11.8. The van der Waals surface area contributed by atoms with Crippen LogP contribution in [0.2, 0.25) is 0 Å². The molecule has 2 heterocycles. The van der Waals surface area contributed by atoms with Gasteiger partial charge in [0.25, 0.3) is 5.91 Å². The minimum absolute atomic E-state index is 0.0896. The molecule has 2 amide bonds. The van der Waals surface area contributed by atoms with Gasteiger partial charge in [0.15, 0.2) is 0 Å². The lowest BCUT2D eigenvalue weighted by atomic mass is 9.98. The second-order valence-corrected chi connectivity index (χ2v) is 4.54. The number of nitrogens with zero attached hydrogens (tertiary/aromatic N) is 3. The summed E-state index contributed by atoms with van der Waals surface area (Å²) in [5.74, 6) is -0.688. The standard InChI is InChI=1S/C12H12N4O2/c1-12(2)11(18)15-10(17)7-16(12)9-4-3-8(5-13)14-6-9/h3-4,6H,7H2,1-2H3,(H,15,17,18). The predicted molar refractivity (Wildman–Crippen MR) is 63.5 cm³/mol. The number of imide groups is 1. The van der Waals surface area contributed by atoms with Crippen LogP contribution in [0.5, 0.6) is 0 Å². The van der Waals surface area contributed by atoms with E-state index >= 15 is 0 Å². The largest absolute Gasteiger partial charge is 0.347 e. The van der Waals surface area contributed by atoms with Crippen molar-refractivity contribution in [3.05, 3.63) is 24.0 Å². The average Bonchev–Trinajstić information content (AvgIpc) is 2.34. The summed E-state index contributed by atoms with van der Waals surface area (Å²) in [7, 11) is 0. The number of amides is 2. The third-order valence-corrected chi connectivity index (χ3v) is 2.96. The Morgan fingerprint density at radius 2 is 2.17 bits per heavy atom. The van der Waals surface area contributed by atoms with Crippen molar-refractivity contribution in [3.8, 4) is 6.07 Å². The highest BCUT2D eigenvalue weighted by Gasteiger charge is 2.41. The van der Waals surface area contributed by atoms with Gasteiger partial charge in [-0.1, -0.05) is 0 Å². The molecule has 6 heteroatoms. The normalized spacial score (nSPS) is 18.2. The lowest BCUT2D eigenvalue weighted by molar-refractivity contribution is -0.135. The highest BCUT2D eigenvalue weighted by molar-refractivity contribution is 6.06. The molecule has 6 nitrogen and oxygen atoms in total. The molecule has 2 rings (SSSR count). The fourth-order valence-corrected chi connectivity index (χ4v) is 1.81. The Kier molecular flexibility index (Phi) is 2.75. The molecule has 0 aliphatic carbocycles. The van der Waals surface area contributed by atoms with Crippen molar-refractivity contribution in [2.24, 2.45) is 0 Å². The van der Waals surface area contributed by atoms with Crippen LogP contribution in [0.4, 0.5) is 5.69 Å². The molecule has 0 radical (unpaired) electrons. The maximum Gasteiger partial charge on any atom is 0.251 e. The van der Waals surface area contributed by atoms with Crippen LogP contribution in [-0.2, 0) is 9.59 Å². The summed E-state index contributed by atoms with van der Waals surface area (Å²) in [6.45, 7) is 3.55. The first-order valence-corrected chi connectivity index (χ1v) is 5.43. The summed E-state index contributed by atoms with van der Waals surface area (Å²) >= 11 is 0. The van der Waals surface area contributed by atoms with Crippen LogP contribution in [0.25, 0.3) is 0 Å². The van der Waals surface area contributed by atoms with Crippen molar-refractivity contribution in [1.82, 2.24) is 10.3 Å². The number of pyridine rings is 1. The van der Waals surface area contributed by atoms with E-state index < -0.39 is 5.54 Å². The molecule has 0 atom stereocenters. The molecule has 0 aromatic carbocycles. The topological polar surface area (TPSA) is 86.1 Å². The Labute approximate surface area is 104 Å². The van der Waals surface area contributed by atoms with Crippen LogP contribution in [0.15, 0.2) is 18.3 Å². The van der Waals surface area contributed by atoms with E-state index in [9.17, 15) is 9.59 Å². The first-order valence-electron chi connectivity index (χ1n) is 5.43. The van der Waals surface area contributed by atoms with Gasteiger partial charge in [-0.2, -0.15) is 5.26 Å². The van der Waals surface area contributed by atoms with Crippen molar-refractivity contribution in [3.63, 3.8) is 0 Å². The number of rotatable bonds is 1. The van der Waals surface area contributed by atoms with Crippen LogP contribution in [0.1, 0.15) is 19.5 Å². The SMILES string of the molecule is CC1(C)C(=O)NC(=O)CN1c1ccc(C#N)nc1. The van der Waals surface area contributed by atoms with Gasteiger partial charge in [-0.25, -0.2) is 4.98 Å². The van der Waals surface area contributed by atoms with Gasteiger partial charge in [0.1, 0.15) is 17.3 Å². The molecule has 92 valence electrons. The molecule has 0 saturated carbocycles. The molecule has 18 heavy (non-hydrogen) atoms. The second kappa shape index (κ2) is 4.11. The van der Waals surface area contributed by atoms with Gasteiger partial charge in [-0.05, 0) is 26.0 Å². The second-order valence-electron chi connectivity index (χ2n) is 4.54. The van der Waals surface area contributed by atoms with Gasteiger partial charge < -0.3 is 4.90 Å². The predicted octanol–water partition coefficient (Wildman–Crippen LogP) is 0.195. The maximum absolute atomic E-state index is 11.8. The lowest BCUT2D eigenvalue weighted by Crippen LogP contribution is -2.64. The Hall–Kier alpha value is -2.42. The molecule has 1 aromatic heterocycles. The van der Waals surface area contributed by atoms with Crippen LogP contribution in [-0.4, -0.2) is 28.9 Å². The van der Waals surface area contributed by atoms with Crippen molar-refractivity contribution < 1.29 is 9.59 Å². The van der Waals surface area contributed by atoms with E-state index in [4.69, 9.17) is 5.26 Å². The van der Waals surface area contributed by atoms with Gasteiger partial charge in [-0.15, -0.1) is 0 Å². The molecular formula is C12H12N4O2. The highest BCUT2D eigenvalue weighted by atomic mass is 16.2. The molecule has 1 saturated heterocycles. The molecule has 1 aliphatic heterocycles. The van der Waals surface area contributed by atoms with E-state index in [2.05, 4.69) is 10.3 Å². The van der Waals surface area contributed by atoms with Crippen molar-refractivity contribution in [1.29, 1.82) is 5.26 Å². The van der Waals surface area contributed by atoms with Crippen LogP contribution in [0.3, 0.4) is 0 Å². The number of piperazine rings is 1. The first kappa shape index (κ1) is 12.0. The summed E-state index contributed by atoms with van der Waals surface area (Å²) in [6.07, 6.45) is 1.49. The van der Waals surface area contributed by atoms with E-state index in [1.54, 1.807) is 30.9 Å². The lowest BCUT2D eigenvalue weighted by Gasteiger charge is -2.41. The number of carbonyl (C=O) groups excluding carboxylic acids is 2. The first-order chi connectivity index (χ1) is 8.45. The number of hydrogen-bond donors (Lipinski definition) is 1. The average molecular weight is 244 g/mol. The number of anilines is 1. The fraction of sp³-hybridized carbons (Fsp3) is 0.333. The fourth-order valence-electron chi connectivity index (χ4n) is 1.81. The number of nitriles is 1. The van der Waals surface area contributed by atoms with E-state index in [0.29, 0.717) is 11.4 Å². The van der Waals surface area contributed by atoms with E-state index in [1.165, 1.54) is 6.20 Å². The van der Waals surface area contributed by atoms with Crippen molar-refractivity contribution in [2.45, 2.75) is 19.4 Å². The Bertz CT molecular complexity index is 542. The number of aromatic nitrogens is 1. The molecule has 1 fully saturated rings. The molecule has 1 aromatic rings. The van der Waals surface area contributed by atoms with Crippen molar-refractivity contribution in [2.75, 3.05) is 11.4 Å². The van der Waals surface area contributed by atoms with Gasteiger partial charge in [-0.3, -0.25) is 14.9 Å². The van der Waals surface area contributed by atoms with E-state index in [1.807, 2.05) is 6.07 Å². The minimum Gasteiger partial charge on any atom is -0.347 e. The molecule has 0 spiro atoms. The number of carbonyl (C=O) groups is 2. The molecule has 0 unspecified atom stereocenters. The summed E-state index contributed by atoms with van der Waals surface area (Å²) in [6, 6.07) is 5.16. The zero-order valence-corrected chi connectivity index (χ0v) is 10.1. The third-order valence-electron chi connectivity index (χ3n) is 2.96. The molecule has 1 N–H and O–H groups in total. The van der Waals surface area contributed by atoms with Crippen molar-refractivity contribution >= 4 is 17.5 Å². The molecule has 0 bridgehead atoms. The number of hydrogen-bond acceptors (Lipinski definition) is 5. The van der Waals surface area contributed by atoms with E-state index in [-0.39, 0.29) is 18.4 Å². The Morgan fingerprint density at radius 1 is 1.44 bits per heavy atom. The number of nitrogens with one attached hydrogen (secondary N) is 1. The van der Waals surface area contributed by atoms with Crippen LogP contribution in [0, 0.1) is 11.3 Å². The van der Waals surface area contributed by atoms with Gasteiger partial charge in [0.05, 0.1) is 18.4 Å². The van der Waals surface area contributed by atoms with Gasteiger partial charge >= 0.3 is 0 Å². The summed E-state index contributed by atoms with van der Waals surface area (Å²) in [5.41, 5.74) is 0.107. The summed E-state index contributed by atoms with van der Waals surface area (Å²) in [5, 5.41) is 11.0. The molecular weight excluding hydrogens is 232 g/mol. The Morgan fingerprint density at radius 3 is 2.72 bits per heavy atom. The van der Waals surface area contributed by atoms with Crippen LogP contribution >= 0.6 is 0 Å². The quantitative estimate of drug-likeness (QED) is 0.713. The monoisotopic (exact) mass is 244 g/mol. The van der Waals surface area contributed by atoms with Gasteiger partial charge in [0, 0.05) is 0 Å². The zero-order chi connectivity index (χ0) is 13.3. The van der Waals surface area contributed by atoms with Crippen LogP contribution < -0.4 is 10.2 Å². The minimum atomic E-state index is -0.830. The molecule has 1 aliphatic rings. The highest BCUT2D eigenvalue weighted by Crippen LogP contribution is 2.25. The summed E-state index contributed by atoms with van der Waals surface area (Å²) in [4.78, 5) is 28.8. The zero-order valence-electron chi connectivity index (χ0n) is 10.1. The smallest absolute Gasteiger partial charge is 0.251 e. The Balaban J connectivity index is 2.38. The van der Waals surface area contributed by atoms with Gasteiger partial charge in [0.2, 0.25) is 5.91 Å². The third kappa shape index (κ3) is 1.91.